The number of benzene rings is 1. The fraction of sp³-hybridized carbons (Fsp3) is 0.600. The number of anilines is 1. The molecule has 1 aromatic rings. The van der Waals surface area contributed by atoms with Crippen LogP contribution in [0.1, 0.15) is 25.8 Å². The van der Waals surface area contributed by atoms with Crippen molar-refractivity contribution in [3.63, 3.8) is 0 Å². The minimum Gasteiger partial charge on any atom is -0.395 e. The third-order valence-corrected chi connectivity index (χ3v) is 6.15. The van der Waals surface area contributed by atoms with Gasteiger partial charge in [-0.1, -0.05) is 17.7 Å². The SMILES string of the molecule is CCO[Si](C)(CCCNc1ccc(C)cc1)OCC. The third-order valence-electron chi connectivity index (χ3n) is 3.09. The highest BCUT2D eigenvalue weighted by molar-refractivity contribution is 6.66. The van der Waals surface area contributed by atoms with Gasteiger partial charge in [-0.15, -0.1) is 0 Å². The summed E-state index contributed by atoms with van der Waals surface area (Å²) in [7, 11) is -1.94. The molecule has 0 aromatic heterocycles. The van der Waals surface area contributed by atoms with E-state index >= 15 is 0 Å². The summed E-state index contributed by atoms with van der Waals surface area (Å²) in [6.07, 6.45) is 1.08. The Morgan fingerprint density at radius 3 is 2.16 bits per heavy atom. The second-order valence-corrected chi connectivity index (χ2v) is 8.24. The van der Waals surface area contributed by atoms with Crippen LogP contribution in [0.15, 0.2) is 24.3 Å². The lowest BCUT2D eigenvalue weighted by atomic mass is 10.2. The molecule has 108 valence electrons. The molecule has 0 saturated heterocycles. The van der Waals surface area contributed by atoms with E-state index in [1.54, 1.807) is 0 Å². The van der Waals surface area contributed by atoms with Gasteiger partial charge in [0.05, 0.1) is 0 Å². The maximum Gasteiger partial charge on any atom is 0.334 e. The summed E-state index contributed by atoms with van der Waals surface area (Å²) >= 11 is 0. The van der Waals surface area contributed by atoms with Gasteiger partial charge in [0.1, 0.15) is 0 Å². The lowest BCUT2D eigenvalue weighted by molar-refractivity contribution is 0.188. The van der Waals surface area contributed by atoms with Crippen molar-refractivity contribution < 1.29 is 8.85 Å². The van der Waals surface area contributed by atoms with E-state index in [2.05, 4.69) is 43.1 Å². The molecule has 0 heterocycles. The van der Waals surface area contributed by atoms with Crippen molar-refractivity contribution in [3.8, 4) is 0 Å². The zero-order valence-electron chi connectivity index (χ0n) is 12.7. The van der Waals surface area contributed by atoms with E-state index in [4.69, 9.17) is 8.85 Å². The molecule has 3 nitrogen and oxygen atoms in total. The molecule has 0 saturated carbocycles. The molecule has 0 aliphatic heterocycles. The normalized spacial score (nSPS) is 11.6. The zero-order valence-corrected chi connectivity index (χ0v) is 13.7. The average molecular weight is 281 g/mol. The van der Waals surface area contributed by atoms with E-state index < -0.39 is 8.56 Å². The summed E-state index contributed by atoms with van der Waals surface area (Å²) in [5, 5.41) is 3.44. The van der Waals surface area contributed by atoms with Crippen LogP contribution in [0.25, 0.3) is 0 Å². The molecule has 0 amide bonds. The molecule has 0 atom stereocenters. The summed E-state index contributed by atoms with van der Waals surface area (Å²) < 4.78 is 11.7. The van der Waals surface area contributed by atoms with Gasteiger partial charge in [-0.05, 0) is 51.9 Å². The Bertz CT molecular complexity index is 348. The molecule has 0 radical (unpaired) electrons. The van der Waals surface area contributed by atoms with Crippen molar-refractivity contribution in [3.05, 3.63) is 29.8 Å². The van der Waals surface area contributed by atoms with E-state index in [9.17, 15) is 0 Å². The van der Waals surface area contributed by atoms with E-state index in [0.717, 1.165) is 32.2 Å². The summed E-state index contributed by atoms with van der Waals surface area (Å²) in [5.41, 5.74) is 2.47. The smallest absolute Gasteiger partial charge is 0.334 e. The van der Waals surface area contributed by atoms with Crippen molar-refractivity contribution in [2.24, 2.45) is 0 Å². The first-order valence-corrected chi connectivity index (χ1v) is 9.70. The highest BCUT2D eigenvalue weighted by Gasteiger charge is 2.29. The standard InChI is InChI=1S/C15H27NO2Si/c1-5-17-19(4,18-6-2)13-7-12-16-15-10-8-14(3)9-11-15/h8-11,16H,5-7,12-13H2,1-4H3. The van der Waals surface area contributed by atoms with Gasteiger partial charge in [0, 0.05) is 25.4 Å². The number of nitrogens with one attached hydrogen (secondary N) is 1. The van der Waals surface area contributed by atoms with Gasteiger partial charge in [0.2, 0.25) is 0 Å². The molecular formula is C15H27NO2Si. The van der Waals surface area contributed by atoms with Crippen LogP contribution in [0, 0.1) is 6.92 Å². The molecule has 0 spiro atoms. The number of hydrogen-bond acceptors (Lipinski definition) is 3. The van der Waals surface area contributed by atoms with Crippen molar-refractivity contribution in [2.75, 3.05) is 25.1 Å². The largest absolute Gasteiger partial charge is 0.395 e. The quantitative estimate of drug-likeness (QED) is 0.549. The molecule has 0 fully saturated rings. The topological polar surface area (TPSA) is 30.5 Å². The average Bonchev–Trinajstić information content (AvgIpc) is 2.37. The molecule has 1 N–H and O–H groups in total. The molecule has 4 heteroatoms. The Morgan fingerprint density at radius 2 is 1.63 bits per heavy atom. The lowest BCUT2D eigenvalue weighted by Crippen LogP contribution is -2.39. The van der Waals surface area contributed by atoms with Crippen LogP contribution in [0.2, 0.25) is 12.6 Å². The van der Waals surface area contributed by atoms with Crippen molar-refractivity contribution >= 4 is 14.2 Å². The highest BCUT2D eigenvalue weighted by atomic mass is 28.4. The van der Waals surface area contributed by atoms with E-state index in [-0.39, 0.29) is 0 Å². The number of hydrogen-bond donors (Lipinski definition) is 1. The van der Waals surface area contributed by atoms with E-state index in [1.165, 1.54) is 11.3 Å². The molecule has 0 unspecified atom stereocenters. The molecule has 0 bridgehead atoms. The van der Waals surface area contributed by atoms with Gasteiger partial charge in [-0.25, -0.2) is 0 Å². The van der Waals surface area contributed by atoms with Crippen LogP contribution >= 0.6 is 0 Å². The monoisotopic (exact) mass is 281 g/mol. The van der Waals surface area contributed by atoms with Gasteiger partial charge in [0.25, 0.3) is 0 Å². The Labute approximate surface area is 118 Å². The van der Waals surface area contributed by atoms with E-state index in [1.807, 2.05) is 13.8 Å². The summed E-state index contributed by atoms with van der Waals surface area (Å²) in [6, 6.07) is 9.53. The van der Waals surface area contributed by atoms with Crippen LogP contribution in [0.4, 0.5) is 5.69 Å². The van der Waals surface area contributed by atoms with Gasteiger partial charge >= 0.3 is 8.56 Å². The van der Waals surface area contributed by atoms with Gasteiger partial charge in [-0.2, -0.15) is 0 Å². The molecule has 19 heavy (non-hydrogen) atoms. The lowest BCUT2D eigenvalue weighted by Gasteiger charge is -2.26. The molecular weight excluding hydrogens is 254 g/mol. The second kappa shape index (κ2) is 8.35. The van der Waals surface area contributed by atoms with Crippen LogP contribution in [-0.4, -0.2) is 28.3 Å². The minimum atomic E-state index is -1.94. The highest BCUT2D eigenvalue weighted by Crippen LogP contribution is 2.16. The van der Waals surface area contributed by atoms with Gasteiger partial charge < -0.3 is 14.2 Å². The first-order chi connectivity index (χ1) is 9.09. The molecule has 1 aromatic carbocycles. The van der Waals surface area contributed by atoms with Crippen molar-refractivity contribution in [2.45, 2.75) is 39.8 Å². The second-order valence-electron chi connectivity index (χ2n) is 4.90. The van der Waals surface area contributed by atoms with Crippen LogP contribution in [-0.2, 0) is 8.85 Å². The van der Waals surface area contributed by atoms with Crippen LogP contribution in [0.5, 0.6) is 0 Å². The van der Waals surface area contributed by atoms with Crippen LogP contribution in [0.3, 0.4) is 0 Å². The predicted molar refractivity (Wildman–Crippen MR) is 84.0 cm³/mol. The maximum absolute atomic E-state index is 5.83. The molecule has 0 aliphatic rings. The van der Waals surface area contributed by atoms with Gasteiger partial charge in [-0.3, -0.25) is 0 Å². The zero-order chi connectivity index (χ0) is 14.1. The maximum atomic E-state index is 5.83. The predicted octanol–water partition coefficient (Wildman–Crippen LogP) is 3.94. The van der Waals surface area contributed by atoms with Crippen molar-refractivity contribution in [1.82, 2.24) is 0 Å². The Balaban J connectivity index is 2.30. The number of rotatable bonds is 9. The first kappa shape index (κ1) is 16.2. The van der Waals surface area contributed by atoms with Crippen LogP contribution < -0.4 is 5.32 Å². The molecule has 0 aliphatic carbocycles. The fourth-order valence-corrected chi connectivity index (χ4v) is 4.52. The summed E-state index contributed by atoms with van der Waals surface area (Å²) in [6.45, 7) is 10.8. The fourth-order valence-electron chi connectivity index (χ4n) is 2.11. The first-order valence-electron chi connectivity index (χ1n) is 7.18. The van der Waals surface area contributed by atoms with E-state index in [0.29, 0.717) is 0 Å². The summed E-state index contributed by atoms with van der Waals surface area (Å²) in [5.74, 6) is 0. The number of aryl methyl sites for hydroxylation is 1. The Morgan fingerprint density at radius 1 is 1.05 bits per heavy atom. The Hall–Kier alpha value is -0.843. The third kappa shape index (κ3) is 6.23. The Kier molecular flexibility index (Phi) is 7.13. The minimum absolute atomic E-state index is 0.744. The van der Waals surface area contributed by atoms with Crippen molar-refractivity contribution in [1.29, 1.82) is 0 Å². The molecule has 1 rings (SSSR count). The summed E-state index contributed by atoms with van der Waals surface area (Å²) in [4.78, 5) is 0. The van der Waals surface area contributed by atoms with Gasteiger partial charge in [0.15, 0.2) is 0 Å².